The number of halogens is 2. The highest BCUT2D eigenvalue weighted by Gasteiger charge is 2.08. The SMILES string of the molecule is Clc1ccc(NC2=NCCS2)c(Cl)c1. The maximum absolute atomic E-state index is 6.00. The normalized spacial score (nSPS) is 15.4. The Labute approximate surface area is 96.7 Å². The number of benzene rings is 1. The summed E-state index contributed by atoms with van der Waals surface area (Å²) in [6, 6.07) is 5.37. The lowest BCUT2D eigenvalue weighted by atomic mass is 10.3. The lowest BCUT2D eigenvalue weighted by Crippen LogP contribution is -2.04. The van der Waals surface area contributed by atoms with Crippen LogP contribution in [-0.2, 0) is 0 Å². The van der Waals surface area contributed by atoms with Gasteiger partial charge in [-0.05, 0) is 18.2 Å². The van der Waals surface area contributed by atoms with Gasteiger partial charge in [0.2, 0.25) is 0 Å². The zero-order valence-corrected chi connectivity index (χ0v) is 9.59. The quantitative estimate of drug-likeness (QED) is 0.821. The van der Waals surface area contributed by atoms with Crippen LogP contribution in [0.25, 0.3) is 0 Å². The minimum Gasteiger partial charge on any atom is -0.334 e. The highest BCUT2D eigenvalue weighted by atomic mass is 35.5. The summed E-state index contributed by atoms with van der Waals surface area (Å²) in [4.78, 5) is 4.27. The highest BCUT2D eigenvalue weighted by molar-refractivity contribution is 8.14. The molecule has 5 heteroatoms. The van der Waals surface area contributed by atoms with Crippen molar-refractivity contribution < 1.29 is 0 Å². The molecule has 1 heterocycles. The van der Waals surface area contributed by atoms with E-state index in [1.165, 1.54) is 0 Å². The van der Waals surface area contributed by atoms with Crippen LogP contribution >= 0.6 is 35.0 Å². The van der Waals surface area contributed by atoms with Gasteiger partial charge in [-0.15, -0.1) is 0 Å². The van der Waals surface area contributed by atoms with Crippen molar-refractivity contribution in [2.45, 2.75) is 0 Å². The number of nitrogens with one attached hydrogen (secondary N) is 1. The van der Waals surface area contributed by atoms with Crippen LogP contribution in [0.2, 0.25) is 10.0 Å². The van der Waals surface area contributed by atoms with Crippen molar-refractivity contribution in [1.82, 2.24) is 0 Å². The maximum Gasteiger partial charge on any atom is 0.161 e. The zero-order valence-electron chi connectivity index (χ0n) is 7.26. The number of hydrogen-bond acceptors (Lipinski definition) is 3. The Balaban J connectivity index is 2.16. The van der Waals surface area contributed by atoms with Crippen molar-refractivity contribution in [3.05, 3.63) is 28.2 Å². The molecule has 0 aromatic heterocycles. The van der Waals surface area contributed by atoms with Gasteiger partial charge in [0.1, 0.15) is 0 Å². The number of thioether (sulfide) groups is 1. The van der Waals surface area contributed by atoms with Crippen molar-refractivity contribution in [2.75, 3.05) is 17.6 Å². The molecule has 0 amide bonds. The van der Waals surface area contributed by atoms with E-state index in [-0.39, 0.29) is 0 Å². The summed E-state index contributed by atoms with van der Waals surface area (Å²) in [5.41, 5.74) is 0.851. The molecule has 0 fully saturated rings. The summed E-state index contributed by atoms with van der Waals surface area (Å²) >= 11 is 13.5. The van der Waals surface area contributed by atoms with E-state index in [0.29, 0.717) is 10.0 Å². The monoisotopic (exact) mass is 246 g/mol. The molecule has 1 N–H and O–H groups in total. The first-order valence-corrected chi connectivity index (χ1v) is 5.89. The molecule has 1 aromatic carbocycles. The molecule has 0 radical (unpaired) electrons. The van der Waals surface area contributed by atoms with Gasteiger partial charge in [0.25, 0.3) is 0 Å². The van der Waals surface area contributed by atoms with Crippen LogP contribution in [0.4, 0.5) is 5.69 Å². The first kappa shape index (κ1) is 10.1. The minimum absolute atomic E-state index is 0.618. The number of amidine groups is 1. The molecule has 74 valence electrons. The average Bonchev–Trinajstić information content (AvgIpc) is 2.62. The van der Waals surface area contributed by atoms with Crippen LogP contribution in [0.15, 0.2) is 23.2 Å². The minimum atomic E-state index is 0.618. The standard InChI is InChI=1S/C9H8Cl2N2S/c10-6-1-2-8(7(11)5-6)13-9-12-3-4-14-9/h1-2,5H,3-4H2,(H,12,13). The first-order chi connectivity index (χ1) is 6.75. The van der Waals surface area contributed by atoms with Gasteiger partial charge < -0.3 is 5.32 Å². The smallest absolute Gasteiger partial charge is 0.161 e. The predicted octanol–water partition coefficient (Wildman–Crippen LogP) is 3.51. The van der Waals surface area contributed by atoms with E-state index in [0.717, 1.165) is 23.2 Å². The Morgan fingerprint density at radius 3 is 2.86 bits per heavy atom. The van der Waals surface area contributed by atoms with Gasteiger partial charge >= 0.3 is 0 Å². The zero-order chi connectivity index (χ0) is 9.97. The summed E-state index contributed by atoms with van der Waals surface area (Å²) < 4.78 is 0. The summed E-state index contributed by atoms with van der Waals surface area (Å²) in [7, 11) is 0. The van der Waals surface area contributed by atoms with Crippen LogP contribution in [0.1, 0.15) is 0 Å². The molecule has 0 atom stereocenters. The fourth-order valence-electron chi connectivity index (χ4n) is 1.12. The summed E-state index contributed by atoms with van der Waals surface area (Å²) in [5.74, 6) is 1.04. The predicted molar refractivity (Wildman–Crippen MR) is 64.8 cm³/mol. The maximum atomic E-state index is 6.00. The molecule has 0 bridgehead atoms. The van der Waals surface area contributed by atoms with E-state index in [9.17, 15) is 0 Å². The largest absolute Gasteiger partial charge is 0.334 e. The van der Waals surface area contributed by atoms with Crippen molar-refractivity contribution in [1.29, 1.82) is 0 Å². The molecule has 2 rings (SSSR count). The molecule has 0 saturated carbocycles. The molecule has 2 nitrogen and oxygen atoms in total. The number of anilines is 1. The second-order valence-electron chi connectivity index (χ2n) is 2.78. The van der Waals surface area contributed by atoms with Crippen molar-refractivity contribution >= 4 is 45.8 Å². The van der Waals surface area contributed by atoms with E-state index in [1.54, 1.807) is 23.9 Å². The second-order valence-corrected chi connectivity index (χ2v) is 4.71. The molecule has 1 aliphatic heterocycles. The van der Waals surface area contributed by atoms with Gasteiger partial charge in [-0.1, -0.05) is 35.0 Å². The van der Waals surface area contributed by atoms with Crippen molar-refractivity contribution in [2.24, 2.45) is 4.99 Å². The molecule has 1 aliphatic rings. The topological polar surface area (TPSA) is 24.4 Å². The number of nitrogens with zero attached hydrogens (tertiary/aromatic N) is 1. The van der Waals surface area contributed by atoms with Gasteiger partial charge in [0.15, 0.2) is 5.17 Å². The van der Waals surface area contributed by atoms with E-state index in [1.807, 2.05) is 6.07 Å². The highest BCUT2D eigenvalue weighted by Crippen LogP contribution is 2.27. The molecule has 0 saturated heterocycles. The number of hydrogen-bond donors (Lipinski definition) is 1. The lowest BCUT2D eigenvalue weighted by molar-refractivity contribution is 1.17. The number of rotatable bonds is 1. The average molecular weight is 247 g/mol. The Morgan fingerprint density at radius 1 is 1.36 bits per heavy atom. The van der Waals surface area contributed by atoms with Gasteiger partial charge in [0.05, 0.1) is 17.3 Å². The van der Waals surface area contributed by atoms with Crippen molar-refractivity contribution in [3.8, 4) is 0 Å². The third-order valence-electron chi connectivity index (χ3n) is 1.76. The van der Waals surface area contributed by atoms with Gasteiger partial charge in [-0.3, -0.25) is 4.99 Å². The van der Waals surface area contributed by atoms with Crippen LogP contribution < -0.4 is 5.32 Å². The Hall–Kier alpha value is -0.380. The summed E-state index contributed by atoms with van der Waals surface area (Å²) in [5, 5.41) is 5.34. The third kappa shape index (κ3) is 2.35. The molecular weight excluding hydrogens is 239 g/mol. The Kier molecular flexibility index (Phi) is 3.21. The van der Waals surface area contributed by atoms with Gasteiger partial charge in [-0.2, -0.15) is 0 Å². The molecule has 0 aliphatic carbocycles. The van der Waals surface area contributed by atoms with Gasteiger partial charge in [-0.25, -0.2) is 0 Å². The van der Waals surface area contributed by atoms with E-state index in [4.69, 9.17) is 23.2 Å². The second kappa shape index (κ2) is 4.43. The first-order valence-electron chi connectivity index (χ1n) is 4.15. The Bertz CT molecular complexity index is 379. The third-order valence-corrected chi connectivity index (χ3v) is 3.20. The number of aliphatic imine (C=N–C) groups is 1. The van der Waals surface area contributed by atoms with Crippen LogP contribution in [0.5, 0.6) is 0 Å². The van der Waals surface area contributed by atoms with Crippen LogP contribution in [0, 0.1) is 0 Å². The summed E-state index contributed by atoms with van der Waals surface area (Å²) in [6.45, 7) is 0.873. The Morgan fingerprint density at radius 2 is 2.21 bits per heavy atom. The lowest BCUT2D eigenvalue weighted by Gasteiger charge is -2.06. The summed E-state index contributed by atoms with van der Waals surface area (Å²) in [6.07, 6.45) is 0. The van der Waals surface area contributed by atoms with E-state index >= 15 is 0 Å². The fourth-order valence-corrected chi connectivity index (χ4v) is 2.31. The van der Waals surface area contributed by atoms with Crippen LogP contribution in [0.3, 0.4) is 0 Å². The fraction of sp³-hybridized carbons (Fsp3) is 0.222. The van der Waals surface area contributed by atoms with E-state index in [2.05, 4.69) is 10.3 Å². The van der Waals surface area contributed by atoms with E-state index < -0.39 is 0 Å². The molecule has 14 heavy (non-hydrogen) atoms. The molecule has 0 spiro atoms. The molecule has 1 aromatic rings. The molecular formula is C9H8Cl2N2S. The van der Waals surface area contributed by atoms with Crippen LogP contribution in [-0.4, -0.2) is 17.5 Å². The van der Waals surface area contributed by atoms with Crippen molar-refractivity contribution in [3.63, 3.8) is 0 Å². The van der Waals surface area contributed by atoms with Gasteiger partial charge in [0, 0.05) is 10.8 Å². The molecule has 0 unspecified atom stereocenters.